The summed E-state index contributed by atoms with van der Waals surface area (Å²) in [6.45, 7) is 3.08. The number of hydrogen-bond acceptors (Lipinski definition) is 3. The van der Waals surface area contributed by atoms with E-state index in [1.807, 2.05) is 11.3 Å². The van der Waals surface area contributed by atoms with Gasteiger partial charge < -0.3 is 10.2 Å². The van der Waals surface area contributed by atoms with Gasteiger partial charge in [-0.15, -0.1) is 11.3 Å². The summed E-state index contributed by atoms with van der Waals surface area (Å²) in [6.07, 6.45) is 0. The van der Waals surface area contributed by atoms with Crippen LogP contribution in [0.5, 0.6) is 0 Å². The monoisotopic (exact) mass is 260 g/mol. The van der Waals surface area contributed by atoms with Crippen molar-refractivity contribution in [1.29, 1.82) is 0 Å². The highest BCUT2D eigenvalue weighted by Gasteiger charge is 2.01. The molecule has 0 saturated heterocycles. The Hall–Kier alpha value is -1.16. The van der Waals surface area contributed by atoms with Crippen LogP contribution in [0, 0.1) is 0 Å². The minimum atomic E-state index is 0.964. The van der Waals surface area contributed by atoms with Crippen molar-refractivity contribution in [2.75, 3.05) is 27.2 Å². The summed E-state index contributed by atoms with van der Waals surface area (Å²) < 4.78 is 0. The number of nitrogens with one attached hydrogen (secondary N) is 1. The minimum absolute atomic E-state index is 0.964. The third kappa shape index (κ3) is 3.95. The van der Waals surface area contributed by atoms with E-state index in [4.69, 9.17) is 0 Å². The average Bonchev–Trinajstić information content (AvgIpc) is 2.84. The molecule has 0 aliphatic carbocycles. The van der Waals surface area contributed by atoms with Crippen LogP contribution in [0.1, 0.15) is 4.88 Å². The second-order valence-electron chi connectivity index (χ2n) is 4.65. The Kier molecular flexibility index (Phi) is 4.93. The standard InChI is InChI=1S/C15H20N2S/c1-17(2)9-8-16-11-15-10-14(12-18-15)13-6-4-3-5-7-13/h3-7,10,12,16H,8-9,11H2,1-2H3. The molecule has 2 nitrogen and oxygen atoms in total. The number of benzene rings is 1. The van der Waals surface area contributed by atoms with Crippen LogP contribution in [0.25, 0.3) is 11.1 Å². The summed E-state index contributed by atoms with van der Waals surface area (Å²) in [5, 5.41) is 5.70. The van der Waals surface area contributed by atoms with Crippen molar-refractivity contribution in [1.82, 2.24) is 10.2 Å². The molecule has 0 amide bonds. The zero-order chi connectivity index (χ0) is 12.8. The highest BCUT2D eigenvalue weighted by molar-refractivity contribution is 7.10. The smallest absolute Gasteiger partial charge is 0.0300 e. The molecule has 96 valence electrons. The van der Waals surface area contributed by atoms with E-state index in [0.717, 1.165) is 19.6 Å². The predicted molar refractivity (Wildman–Crippen MR) is 80.0 cm³/mol. The van der Waals surface area contributed by atoms with Gasteiger partial charge in [0.2, 0.25) is 0 Å². The molecule has 0 spiro atoms. The third-order valence-corrected chi connectivity index (χ3v) is 3.73. The van der Waals surface area contributed by atoms with Gasteiger partial charge >= 0.3 is 0 Å². The summed E-state index contributed by atoms with van der Waals surface area (Å²) in [7, 11) is 4.20. The Bertz CT molecular complexity index is 462. The summed E-state index contributed by atoms with van der Waals surface area (Å²) in [5.41, 5.74) is 2.62. The topological polar surface area (TPSA) is 15.3 Å². The molecule has 0 aliphatic heterocycles. The number of nitrogens with zero attached hydrogens (tertiary/aromatic N) is 1. The Labute approximate surface area is 113 Å². The quantitative estimate of drug-likeness (QED) is 0.803. The molecule has 0 bridgehead atoms. The largest absolute Gasteiger partial charge is 0.311 e. The second-order valence-corrected chi connectivity index (χ2v) is 5.64. The van der Waals surface area contributed by atoms with Crippen molar-refractivity contribution >= 4 is 11.3 Å². The molecule has 1 N–H and O–H groups in total. The Morgan fingerprint density at radius 3 is 2.61 bits per heavy atom. The van der Waals surface area contributed by atoms with E-state index in [-0.39, 0.29) is 0 Å². The minimum Gasteiger partial charge on any atom is -0.311 e. The fourth-order valence-electron chi connectivity index (χ4n) is 1.77. The number of thiophene rings is 1. The van der Waals surface area contributed by atoms with E-state index in [1.165, 1.54) is 16.0 Å². The lowest BCUT2D eigenvalue weighted by Gasteiger charge is -2.09. The zero-order valence-electron chi connectivity index (χ0n) is 11.0. The van der Waals surface area contributed by atoms with E-state index in [2.05, 4.69) is 66.1 Å². The van der Waals surface area contributed by atoms with Crippen LogP contribution in [0.2, 0.25) is 0 Å². The molecular formula is C15H20N2S. The zero-order valence-corrected chi connectivity index (χ0v) is 11.8. The molecule has 2 aromatic rings. The molecule has 0 atom stereocenters. The molecule has 3 heteroatoms. The van der Waals surface area contributed by atoms with E-state index in [1.54, 1.807) is 0 Å². The van der Waals surface area contributed by atoms with Crippen molar-refractivity contribution < 1.29 is 0 Å². The van der Waals surface area contributed by atoms with Gasteiger partial charge in [0.1, 0.15) is 0 Å². The van der Waals surface area contributed by atoms with E-state index in [0.29, 0.717) is 0 Å². The molecule has 2 rings (SSSR count). The lowest BCUT2D eigenvalue weighted by molar-refractivity contribution is 0.400. The van der Waals surface area contributed by atoms with E-state index >= 15 is 0 Å². The normalized spacial score (nSPS) is 11.1. The molecule has 18 heavy (non-hydrogen) atoms. The first-order valence-corrected chi connectivity index (χ1v) is 7.12. The van der Waals surface area contributed by atoms with Gasteiger partial charge in [-0.25, -0.2) is 0 Å². The van der Waals surface area contributed by atoms with Gasteiger partial charge in [0, 0.05) is 24.5 Å². The Balaban J connectivity index is 1.87. The molecule has 0 radical (unpaired) electrons. The number of rotatable bonds is 6. The van der Waals surface area contributed by atoms with E-state index < -0.39 is 0 Å². The van der Waals surface area contributed by atoms with Crippen LogP contribution in [-0.2, 0) is 6.54 Å². The number of hydrogen-bond donors (Lipinski definition) is 1. The van der Waals surface area contributed by atoms with Crippen molar-refractivity contribution in [3.63, 3.8) is 0 Å². The maximum Gasteiger partial charge on any atom is 0.0300 e. The molecule has 0 fully saturated rings. The van der Waals surface area contributed by atoms with Crippen LogP contribution in [-0.4, -0.2) is 32.1 Å². The van der Waals surface area contributed by atoms with Crippen LogP contribution >= 0.6 is 11.3 Å². The van der Waals surface area contributed by atoms with Gasteiger partial charge in [-0.1, -0.05) is 30.3 Å². The molecule has 0 aliphatic rings. The fourth-order valence-corrected chi connectivity index (χ4v) is 2.63. The molecule has 0 saturated carbocycles. The highest BCUT2D eigenvalue weighted by Crippen LogP contribution is 2.25. The van der Waals surface area contributed by atoms with E-state index in [9.17, 15) is 0 Å². The fraction of sp³-hybridized carbons (Fsp3) is 0.333. The van der Waals surface area contributed by atoms with Gasteiger partial charge in [0.25, 0.3) is 0 Å². The first-order chi connectivity index (χ1) is 8.75. The third-order valence-electron chi connectivity index (χ3n) is 2.80. The first-order valence-electron chi connectivity index (χ1n) is 6.24. The van der Waals surface area contributed by atoms with Crippen LogP contribution in [0.3, 0.4) is 0 Å². The summed E-state index contributed by atoms with van der Waals surface area (Å²) in [5.74, 6) is 0. The lowest BCUT2D eigenvalue weighted by Crippen LogP contribution is -2.25. The lowest BCUT2D eigenvalue weighted by atomic mass is 10.1. The predicted octanol–water partition coefficient (Wildman–Crippen LogP) is 3.07. The molecule has 1 aromatic heterocycles. The van der Waals surface area contributed by atoms with Crippen molar-refractivity contribution in [2.45, 2.75) is 6.54 Å². The van der Waals surface area contributed by atoms with Gasteiger partial charge in [-0.2, -0.15) is 0 Å². The number of likely N-dealkylation sites (N-methyl/N-ethyl adjacent to an activating group) is 1. The van der Waals surface area contributed by atoms with Crippen molar-refractivity contribution in [3.8, 4) is 11.1 Å². The summed E-state index contributed by atoms with van der Waals surface area (Å²) >= 11 is 1.83. The van der Waals surface area contributed by atoms with Crippen LogP contribution < -0.4 is 5.32 Å². The maximum atomic E-state index is 3.47. The molecule has 1 aromatic carbocycles. The summed E-state index contributed by atoms with van der Waals surface area (Å²) in [4.78, 5) is 3.59. The average molecular weight is 260 g/mol. The SMILES string of the molecule is CN(C)CCNCc1cc(-c2ccccc2)cs1. The maximum absolute atomic E-state index is 3.47. The molecule has 1 heterocycles. The first kappa shape index (κ1) is 13.3. The van der Waals surface area contributed by atoms with Gasteiger partial charge in [0.05, 0.1) is 0 Å². The summed E-state index contributed by atoms with van der Waals surface area (Å²) in [6, 6.07) is 12.8. The van der Waals surface area contributed by atoms with Crippen molar-refractivity contribution in [3.05, 3.63) is 46.7 Å². The van der Waals surface area contributed by atoms with Gasteiger partial charge in [-0.05, 0) is 36.7 Å². The molecule has 0 unspecified atom stereocenters. The van der Waals surface area contributed by atoms with Gasteiger partial charge in [0.15, 0.2) is 0 Å². The van der Waals surface area contributed by atoms with Crippen LogP contribution in [0.15, 0.2) is 41.8 Å². The Morgan fingerprint density at radius 1 is 1.11 bits per heavy atom. The highest BCUT2D eigenvalue weighted by atomic mass is 32.1. The molecular weight excluding hydrogens is 240 g/mol. The van der Waals surface area contributed by atoms with Gasteiger partial charge in [-0.3, -0.25) is 0 Å². The Morgan fingerprint density at radius 2 is 1.89 bits per heavy atom. The second kappa shape index (κ2) is 6.69. The van der Waals surface area contributed by atoms with Crippen LogP contribution in [0.4, 0.5) is 0 Å². The van der Waals surface area contributed by atoms with Crippen molar-refractivity contribution in [2.24, 2.45) is 0 Å².